The van der Waals surface area contributed by atoms with E-state index in [2.05, 4.69) is 16.0 Å². The lowest BCUT2D eigenvalue weighted by Gasteiger charge is -2.08. The van der Waals surface area contributed by atoms with E-state index in [0.717, 1.165) is 5.56 Å². The minimum atomic E-state index is -0.791. The van der Waals surface area contributed by atoms with Crippen LogP contribution < -0.4 is 10.1 Å². The number of alkyl carbamates (subject to hydrolysis) is 1. The molecule has 1 heterocycles. The molecule has 1 amide bonds. The summed E-state index contributed by atoms with van der Waals surface area (Å²) in [6.07, 6.45) is 4.45. The van der Waals surface area contributed by atoms with Crippen molar-refractivity contribution >= 4 is 18.0 Å². The average molecular weight is 317 g/mol. The van der Waals surface area contributed by atoms with Crippen LogP contribution in [0.4, 0.5) is 4.79 Å². The van der Waals surface area contributed by atoms with Gasteiger partial charge in [-0.3, -0.25) is 4.79 Å². The van der Waals surface area contributed by atoms with Crippen LogP contribution in [0.25, 0.3) is 0 Å². The molecule has 1 aliphatic heterocycles. The SMILES string of the molecule is C#CCOc1ccc(COC(=O)CC[C@@H]2NC(=O)OC2=O)cc1. The lowest BCUT2D eigenvalue weighted by atomic mass is 10.1. The van der Waals surface area contributed by atoms with Crippen molar-refractivity contribution in [1.82, 2.24) is 5.32 Å². The number of hydrogen-bond acceptors (Lipinski definition) is 6. The van der Waals surface area contributed by atoms with Gasteiger partial charge in [0.25, 0.3) is 0 Å². The lowest BCUT2D eigenvalue weighted by Crippen LogP contribution is -2.29. The molecule has 1 saturated heterocycles. The molecule has 7 heteroatoms. The number of hydrogen-bond donors (Lipinski definition) is 1. The van der Waals surface area contributed by atoms with Crippen molar-refractivity contribution in [3.63, 3.8) is 0 Å². The second-order valence-electron chi connectivity index (χ2n) is 4.74. The van der Waals surface area contributed by atoms with Gasteiger partial charge in [-0.15, -0.1) is 6.42 Å². The van der Waals surface area contributed by atoms with Gasteiger partial charge in [-0.2, -0.15) is 0 Å². The van der Waals surface area contributed by atoms with Gasteiger partial charge < -0.3 is 19.5 Å². The molecule has 120 valence electrons. The number of cyclic esters (lactones) is 2. The number of nitrogens with one attached hydrogen (secondary N) is 1. The number of carbonyl (C=O) groups excluding carboxylic acids is 3. The summed E-state index contributed by atoms with van der Waals surface area (Å²) in [6.45, 7) is 0.296. The highest BCUT2D eigenvalue weighted by molar-refractivity contribution is 5.95. The van der Waals surface area contributed by atoms with Crippen LogP contribution >= 0.6 is 0 Å². The van der Waals surface area contributed by atoms with Crippen molar-refractivity contribution < 1.29 is 28.6 Å². The van der Waals surface area contributed by atoms with E-state index in [0.29, 0.717) is 5.75 Å². The summed E-state index contributed by atoms with van der Waals surface area (Å²) >= 11 is 0. The molecular weight excluding hydrogens is 302 g/mol. The number of benzene rings is 1. The number of esters is 2. The summed E-state index contributed by atoms with van der Waals surface area (Å²) in [5, 5.41) is 2.31. The Morgan fingerprint density at radius 2 is 2.04 bits per heavy atom. The zero-order valence-electron chi connectivity index (χ0n) is 12.2. The Hall–Kier alpha value is -3.01. The fourth-order valence-corrected chi connectivity index (χ4v) is 1.89. The smallest absolute Gasteiger partial charge is 0.415 e. The van der Waals surface area contributed by atoms with Crippen LogP contribution in [0.1, 0.15) is 18.4 Å². The molecule has 23 heavy (non-hydrogen) atoms. The van der Waals surface area contributed by atoms with Gasteiger partial charge in [0.05, 0.1) is 0 Å². The first-order valence-corrected chi connectivity index (χ1v) is 6.91. The number of terminal acetylenes is 1. The molecule has 7 nitrogen and oxygen atoms in total. The van der Waals surface area contributed by atoms with Crippen LogP contribution in [-0.4, -0.2) is 30.7 Å². The topological polar surface area (TPSA) is 90.9 Å². The molecule has 1 aromatic rings. The first-order chi connectivity index (χ1) is 11.1. The summed E-state index contributed by atoms with van der Waals surface area (Å²) in [7, 11) is 0. The van der Waals surface area contributed by atoms with Gasteiger partial charge in [0, 0.05) is 6.42 Å². The predicted molar refractivity (Wildman–Crippen MR) is 78.2 cm³/mol. The van der Waals surface area contributed by atoms with Crippen LogP contribution in [0.15, 0.2) is 24.3 Å². The highest BCUT2D eigenvalue weighted by Gasteiger charge is 2.32. The summed E-state index contributed by atoms with van der Waals surface area (Å²) < 4.78 is 14.6. The molecule has 1 fully saturated rings. The Labute approximate surface area is 132 Å². The molecule has 0 radical (unpaired) electrons. The normalized spacial score (nSPS) is 16.2. The lowest BCUT2D eigenvalue weighted by molar-refractivity contribution is -0.145. The maximum atomic E-state index is 11.6. The van der Waals surface area contributed by atoms with Crippen molar-refractivity contribution in [3.8, 4) is 18.1 Å². The van der Waals surface area contributed by atoms with Crippen molar-refractivity contribution in [3.05, 3.63) is 29.8 Å². The van der Waals surface area contributed by atoms with Gasteiger partial charge in [0.2, 0.25) is 0 Å². The summed E-state index contributed by atoms with van der Waals surface area (Å²) in [4.78, 5) is 33.7. The van der Waals surface area contributed by atoms with E-state index < -0.39 is 24.1 Å². The fourth-order valence-electron chi connectivity index (χ4n) is 1.89. The van der Waals surface area contributed by atoms with Crippen molar-refractivity contribution in [2.24, 2.45) is 0 Å². The van der Waals surface area contributed by atoms with E-state index in [9.17, 15) is 14.4 Å². The molecule has 1 atom stereocenters. The van der Waals surface area contributed by atoms with Crippen LogP contribution in [0.5, 0.6) is 5.75 Å². The second kappa shape index (κ2) is 7.84. The number of rotatable bonds is 7. The summed E-state index contributed by atoms with van der Waals surface area (Å²) in [5.41, 5.74) is 0.792. The summed E-state index contributed by atoms with van der Waals surface area (Å²) in [6, 6.07) is 6.18. The molecule has 0 unspecified atom stereocenters. The molecule has 0 spiro atoms. The highest BCUT2D eigenvalue weighted by Crippen LogP contribution is 2.13. The quantitative estimate of drug-likeness (QED) is 0.461. The van der Waals surface area contributed by atoms with Gasteiger partial charge in [0.15, 0.2) is 0 Å². The fraction of sp³-hybridized carbons (Fsp3) is 0.312. The molecule has 0 bridgehead atoms. The number of ether oxygens (including phenoxy) is 3. The molecular formula is C16H15NO6. The zero-order valence-corrected chi connectivity index (χ0v) is 12.2. The van der Waals surface area contributed by atoms with Crippen molar-refractivity contribution in [1.29, 1.82) is 0 Å². The van der Waals surface area contributed by atoms with E-state index in [1.165, 1.54) is 0 Å². The zero-order chi connectivity index (χ0) is 16.7. The largest absolute Gasteiger partial charge is 0.481 e. The first kappa shape index (κ1) is 16.4. The number of amides is 1. The molecule has 1 aliphatic rings. The van der Waals surface area contributed by atoms with Gasteiger partial charge in [0.1, 0.15) is 25.0 Å². The van der Waals surface area contributed by atoms with Gasteiger partial charge in [-0.25, -0.2) is 9.59 Å². The van der Waals surface area contributed by atoms with E-state index in [1.807, 2.05) is 0 Å². The third kappa shape index (κ3) is 5.04. The average Bonchev–Trinajstić information content (AvgIpc) is 2.87. The molecule has 0 saturated carbocycles. The number of carbonyl (C=O) groups is 3. The van der Waals surface area contributed by atoms with Gasteiger partial charge >= 0.3 is 18.0 Å². The predicted octanol–water partition coefficient (Wildman–Crippen LogP) is 1.16. The molecule has 1 N–H and O–H groups in total. The maximum absolute atomic E-state index is 11.6. The highest BCUT2D eigenvalue weighted by atomic mass is 16.6. The Balaban J connectivity index is 1.71. The third-order valence-corrected chi connectivity index (χ3v) is 3.05. The Bertz CT molecular complexity index is 631. The monoisotopic (exact) mass is 317 g/mol. The van der Waals surface area contributed by atoms with Gasteiger partial charge in [-0.1, -0.05) is 18.1 Å². The van der Waals surface area contributed by atoms with Crippen LogP contribution in [0.2, 0.25) is 0 Å². The van der Waals surface area contributed by atoms with Crippen LogP contribution in [0.3, 0.4) is 0 Å². The Morgan fingerprint density at radius 3 is 2.65 bits per heavy atom. The maximum Gasteiger partial charge on any atom is 0.415 e. The first-order valence-electron chi connectivity index (χ1n) is 6.91. The second-order valence-corrected chi connectivity index (χ2v) is 4.74. The standard InChI is InChI=1S/C16H15NO6/c1-2-9-21-12-5-3-11(4-6-12)10-22-14(18)8-7-13-15(19)23-16(20)17-13/h1,3-6,13H,7-10H2,(H,17,20)/t13-/m0/s1. The van der Waals surface area contributed by atoms with E-state index >= 15 is 0 Å². The molecule has 1 aromatic carbocycles. The van der Waals surface area contributed by atoms with Crippen LogP contribution in [-0.2, 0) is 25.7 Å². The molecule has 2 rings (SSSR count). The summed E-state index contributed by atoms with van der Waals surface area (Å²) in [5.74, 6) is 1.85. The van der Waals surface area contributed by atoms with E-state index in [4.69, 9.17) is 15.9 Å². The van der Waals surface area contributed by atoms with E-state index in [-0.39, 0.29) is 26.1 Å². The Kier molecular flexibility index (Phi) is 5.58. The van der Waals surface area contributed by atoms with Crippen molar-refractivity contribution in [2.75, 3.05) is 6.61 Å². The minimum absolute atomic E-state index is 0.00338. The van der Waals surface area contributed by atoms with Crippen LogP contribution in [0, 0.1) is 12.3 Å². The van der Waals surface area contributed by atoms with Gasteiger partial charge in [-0.05, 0) is 24.1 Å². The molecule has 0 aliphatic carbocycles. The van der Waals surface area contributed by atoms with Crippen molar-refractivity contribution in [2.45, 2.75) is 25.5 Å². The third-order valence-electron chi connectivity index (χ3n) is 3.05. The minimum Gasteiger partial charge on any atom is -0.481 e. The Morgan fingerprint density at radius 1 is 1.30 bits per heavy atom. The van der Waals surface area contributed by atoms with E-state index in [1.54, 1.807) is 24.3 Å². The molecule has 0 aromatic heterocycles.